The van der Waals surface area contributed by atoms with Gasteiger partial charge >= 0.3 is 6.03 Å². The van der Waals surface area contributed by atoms with Crippen molar-refractivity contribution in [2.24, 2.45) is 0 Å². The summed E-state index contributed by atoms with van der Waals surface area (Å²) in [7, 11) is 0. The molecule has 0 saturated carbocycles. The molecule has 24 heavy (non-hydrogen) atoms. The van der Waals surface area contributed by atoms with Gasteiger partial charge in [-0.15, -0.1) is 11.5 Å². The largest absolute Gasteiger partial charge is 0.469 e. The first-order valence-electron chi connectivity index (χ1n) is 8.25. The number of amides is 2. The number of nitrogens with zero attached hydrogens (tertiary/aromatic N) is 4. The van der Waals surface area contributed by atoms with E-state index in [0.29, 0.717) is 29.8 Å². The van der Waals surface area contributed by atoms with Crippen LogP contribution in [0.1, 0.15) is 46.5 Å². The van der Waals surface area contributed by atoms with Crippen LogP contribution in [0.2, 0.25) is 0 Å². The van der Waals surface area contributed by atoms with Gasteiger partial charge in [0.2, 0.25) is 5.13 Å². The number of anilines is 1. The van der Waals surface area contributed by atoms with E-state index >= 15 is 0 Å². The van der Waals surface area contributed by atoms with Gasteiger partial charge in [0.1, 0.15) is 5.54 Å². The van der Waals surface area contributed by atoms with Gasteiger partial charge in [0, 0.05) is 0 Å². The van der Waals surface area contributed by atoms with Gasteiger partial charge in [0.05, 0.1) is 13.2 Å². The molecule has 0 bridgehead atoms. The van der Waals surface area contributed by atoms with Gasteiger partial charge in [-0.1, -0.05) is 38.2 Å². The van der Waals surface area contributed by atoms with Gasteiger partial charge in [-0.2, -0.15) is 0 Å². The zero-order chi connectivity index (χ0) is 17.7. The number of urea groups is 1. The molecule has 1 N–H and O–H groups in total. The first-order chi connectivity index (χ1) is 11.5. The van der Waals surface area contributed by atoms with Gasteiger partial charge in [-0.25, -0.2) is 9.69 Å². The fourth-order valence-electron chi connectivity index (χ4n) is 2.72. The minimum Gasteiger partial charge on any atom is -0.469 e. The molecule has 1 aliphatic heterocycles. The molecular weight excluding hydrogens is 328 g/mol. The summed E-state index contributed by atoms with van der Waals surface area (Å²) in [5, 5.41) is 19.0. The number of unbranched alkanes of at least 4 members (excludes halogenated alkanes) is 1. The lowest BCUT2D eigenvalue weighted by molar-refractivity contribution is 0.132. The smallest absolute Gasteiger partial charge is 0.329 e. The lowest BCUT2D eigenvalue weighted by Crippen LogP contribution is -2.49. The van der Waals surface area contributed by atoms with Crippen molar-refractivity contribution in [3.63, 3.8) is 0 Å². The summed E-state index contributed by atoms with van der Waals surface area (Å²) in [5.41, 5.74) is -0.696. The summed E-state index contributed by atoms with van der Waals surface area (Å²) < 4.78 is 5.49. The van der Waals surface area contributed by atoms with Crippen LogP contribution in [0.3, 0.4) is 0 Å². The summed E-state index contributed by atoms with van der Waals surface area (Å²) in [5.74, 6) is 2.73. The molecule has 1 atom stereocenters. The van der Waals surface area contributed by atoms with E-state index in [2.05, 4.69) is 23.0 Å². The fraction of sp³-hybridized carbons (Fsp3) is 0.688. The number of hydrogen-bond donors (Lipinski definition) is 1. The van der Waals surface area contributed by atoms with E-state index in [1.165, 1.54) is 4.90 Å². The third kappa shape index (κ3) is 3.32. The van der Waals surface area contributed by atoms with Crippen LogP contribution >= 0.6 is 11.3 Å². The number of terminal acetylenes is 1. The fourth-order valence-corrected chi connectivity index (χ4v) is 3.48. The molecule has 2 rings (SSSR count). The predicted molar refractivity (Wildman–Crippen MR) is 93.0 cm³/mol. The summed E-state index contributed by atoms with van der Waals surface area (Å²) in [6, 6.07) is -0.347. The Morgan fingerprint density at radius 3 is 2.71 bits per heavy atom. The number of carbonyl (C=O) groups is 1. The second kappa shape index (κ2) is 7.81. The average molecular weight is 352 g/mol. The number of rotatable bonds is 8. The molecule has 0 aliphatic carbocycles. The third-order valence-electron chi connectivity index (χ3n) is 4.36. The van der Waals surface area contributed by atoms with Gasteiger partial charge in [-0.05, 0) is 30.6 Å². The van der Waals surface area contributed by atoms with Gasteiger partial charge in [-0.3, -0.25) is 0 Å². The Morgan fingerprint density at radius 2 is 2.12 bits per heavy atom. The summed E-state index contributed by atoms with van der Waals surface area (Å²) in [6.45, 7) is 6.66. The minimum atomic E-state index is -1.00. The van der Waals surface area contributed by atoms with Gasteiger partial charge in [0.15, 0.2) is 6.23 Å². The molecule has 1 unspecified atom stereocenters. The van der Waals surface area contributed by atoms with Crippen LogP contribution in [-0.4, -0.2) is 51.2 Å². The topological polar surface area (TPSA) is 78.8 Å². The van der Waals surface area contributed by atoms with Crippen molar-refractivity contribution in [2.45, 2.75) is 58.2 Å². The normalized spacial score (nSPS) is 18.1. The lowest BCUT2D eigenvalue weighted by Gasteiger charge is -2.35. The number of hydrogen-bond acceptors (Lipinski definition) is 6. The van der Waals surface area contributed by atoms with Crippen molar-refractivity contribution < 1.29 is 14.6 Å². The predicted octanol–water partition coefficient (Wildman–Crippen LogP) is 2.47. The van der Waals surface area contributed by atoms with Gasteiger partial charge < -0.3 is 14.7 Å². The van der Waals surface area contributed by atoms with E-state index < -0.39 is 11.8 Å². The maximum Gasteiger partial charge on any atom is 0.329 e. The lowest BCUT2D eigenvalue weighted by atomic mass is 9.92. The average Bonchev–Trinajstić information content (AvgIpc) is 3.15. The number of ether oxygens (including phenoxy) is 1. The Kier molecular flexibility index (Phi) is 6.02. The highest BCUT2D eigenvalue weighted by Crippen LogP contribution is 2.35. The van der Waals surface area contributed by atoms with Crippen LogP contribution in [0.5, 0.6) is 5.19 Å². The van der Waals surface area contributed by atoms with E-state index in [1.54, 1.807) is 4.90 Å². The van der Waals surface area contributed by atoms with Crippen LogP contribution < -0.4 is 9.64 Å². The zero-order valence-corrected chi connectivity index (χ0v) is 15.2. The molecule has 7 nitrogen and oxygen atoms in total. The van der Waals surface area contributed by atoms with E-state index in [-0.39, 0.29) is 12.6 Å². The Bertz CT molecular complexity index is 609. The maximum atomic E-state index is 12.8. The van der Waals surface area contributed by atoms with E-state index in [1.807, 2.05) is 13.8 Å². The van der Waals surface area contributed by atoms with Crippen molar-refractivity contribution in [2.75, 3.05) is 18.1 Å². The molecule has 8 heteroatoms. The molecule has 0 spiro atoms. The molecule has 1 saturated heterocycles. The monoisotopic (exact) mass is 352 g/mol. The van der Waals surface area contributed by atoms with Crippen LogP contribution in [0.15, 0.2) is 0 Å². The second-order valence-electron chi connectivity index (χ2n) is 5.68. The van der Waals surface area contributed by atoms with Crippen molar-refractivity contribution in [3.8, 4) is 17.5 Å². The van der Waals surface area contributed by atoms with Crippen molar-refractivity contribution in [1.29, 1.82) is 0 Å². The Morgan fingerprint density at radius 1 is 1.42 bits per heavy atom. The van der Waals surface area contributed by atoms with Crippen LogP contribution in [0, 0.1) is 12.3 Å². The van der Waals surface area contributed by atoms with Crippen molar-refractivity contribution >= 4 is 22.5 Å². The Labute approximate surface area is 146 Å². The first-order valence-corrected chi connectivity index (χ1v) is 9.07. The first kappa shape index (κ1) is 18.5. The Balaban J connectivity index is 2.17. The highest BCUT2D eigenvalue weighted by Gasteiger charge is 2.47. The van der Waals surface area contributed by atoms with E-state index in [4.69, 9.17) is 11.2 Å². The molecule has 2 heterocycles. The molecule has 132 valence electrons. The third-order valence-corrected chi connectivity index (χ3v) is 5.20. The zero-order valence-electron chi connectivity index (χ0n) is 14.4. The SMILES string of the molecule is C#CC(CC)(CC)N1CC(O)N(c2nnc(OCCCC)s2)C1=O. The number of carbonyl (C=O) groups excluding carboxylic acids is 1. The number of aliphatic hydroxyl groups excluding tert-OH is 1. The number of aliphatic hydroxyl groups is 1. The van der Waals surface area contributed by atoms with E-state index in [0.717, 1.165) is 24.2 Å². The molecular formula is C16H24N4O3S. The van der Waals surface area contributed by atoms with Crippen LogP contribution in [0.4, 0.5) is 9.93 Å². The van der Waals surface area contributed by atoms with Crippen LogP contribution in [-0.2, 0) is 0 Å². The van der Waals surface area contributed by atoms with Crippen LogP contribution in [0.25, 0.3) is 0 Å². The quantitative estimate of drug-likeness (QED) is 0.574. The summed E-state index contributed by atoms with van der Waals surface area (Å²) in [6.07, 6.45) is 7.86. The molecule has 1 aliphatic rings. The number of β-amino-alcohol motifs (C(OH)–C–C–N with tert-alkyl or cyclic N) is 1. The highest BCUT2D eigenvalue weighted by atomic mass is 32.1. The van der Waals surface area contributed by atoms with Crippen molar-refractivity contribution in [3.05, 3.63) is 0 Å². The molecule has 2 amide bonds. The molecule has 0 radical (unpaired) electrons. The Hall–Kier alpha value is -1.85. The van der Waals surface area contributed by atoms with Gasteiger partial charge in [0.25, 0.3) is 5.19 Å². The number of aromatic nitrogens is 2. The maximum absolute atomic E-state index is 12.8. The van der Waals surface area contributed by atoms with E-state index in [9.17, 15) is 9.90 Å². The summed E-state index contributed by atoms with van der Waals surface area (Å²) in [4.78, 5) is 15.6. The molecule has 1 aromatic rings. The second-order valence-corrected chi connectivity index (χ2v) is 6.60. The standard InChI is InChI=1S/C16H24N4O3S/c1-5-9-10-23-14-18-17-13(24-14)20-12(21)11-19(15(20)22)16(6-2,7-3)8-4/h2,12,21H,5,7-11H2,1,3-4H3. The van der Waals surface area contributed by atoms with Crippen molar-refractivity contribution in [1.82, 2.24) is 15.1 Å². The summed E-state index contributed by atoms with van der Waals surface area (Å²) >= 11 is 1.15. The highest BCUT2D eigenvalue weighted by molar-refractivity contribution is 7.17. The molecule has 1 aromatic heterocycles. The molecule has 0 aromatic carbocycles. The minimum absolute atomic E-state index is 0.149. The molecule has 1 fully saturated rings.